The number of rotatable bonds is 7. The summed E-state index contributed by atoms with van der Waals surface area (Å²) in [5.74, 6) is -0.854. The van der Waals surface area contributed by atoms with Crippen LogP contribution in [0.1, 0.15) is 25.3 Å². The number of amides is 2. The Labute approximate surface area is 151 Å². The summed E-state index contributed by atoms with van der Waals surface area (Å²) in [4.78, 5) is 34.1. The zero-order chi connectivity index (χ0) is 18.7. The third kappa shape index (κ3) is 8.66. The second-order valence-corrected chi connectivity index (χ2v) is 5.32. The number of carbonyl (C=O) groups is 3. The molecule has 0 saturated heterocycles. The standard InChI is InChI=1S/C16H21N3O5S/c1-3-11-4-6-12(7-5-11)24-10-14(21)18-19-16(25)17-13(20)8-9-15(22)23-2/h4-7H,3,8-10H2,1-2H3,(H,18,21)(H2,17,19,20,25). The van der Waals surface area contributed by atoms with Crippen molar-refractivity contribution >= 4 is 35.1 Å². The van der Waals surface area contributed by atoms with Crippen molar-refractivity contribution in [3.63, 3.8) is 0 Å². The van der Waals surface area contributed by atoms with E-state index in [1.165, 1.54) is 12.7 Å². The minimum absolute atomic E-state index is 0.0536. The van der Waals surface area contributed by atoms with Crippen LogP contribution in [0.3, 0.4) is 0 Å². The van der Waals surface area contributed by atoms with Crippen molar-refractivity contribution < 1.29 is 23.9 Å². The number of methoxy groups -OCH3 is 1. The second kappa shape index (κ2) is 11.0. The predicted octanol–water partition coefficient (Wildman–Crippen LogP) is 0.603. The maximum atomic E-state index is 11.7. The molecule has 1 aromatic rings. The minimum Gasteiger partial charge on any atom is -0.484 e. The fraction of sp³-hybridized carbons (Fsp3) is 0.375. The molecule has 0 bridgehead atoms. The Balaban J connectivity index is 2.22. The number of ether oxygens (including phenoxy) is 2. The van der Waals surface area contributed by atoms with Gasteiger partial charge in [0.1, 0.15) is 5.75 Å². The fourth-order valence-electron chi connectivity index (χ4n) is 1.67. The van der Waals surface area contributed by atoms with Crippen LogP contribution in [0.4, 0.5) is 0 Å². The van der Waals surface area contributed by atoms with Gasteiger partial charge in [-0.25, -0.2) is 0 Å². The van der Waals surface area contributed by atoms with Crippen molar-refractivity contribution in [1.82, 2.24) is 16.2 Å². The molecule has 25 heavy (non-hydrogen) atoms. The molecule has 2 amide bonds. The molecule has 0 aliphatic heterocycles. The topological polar surface area (TPSA) is 106 Å². The third-order valence-corrected chi connectivity index (χ3v) is 3.26. The van der Waals surface area contributed by atoms with Gasteiger partial charge in [-0.1, -0.05) is 19.1 Å². The Bertz CT molecular complexity index is 619. The Hall–Kier alpha value is -2.68. The van der Waals surface area contributed by atoms with Gasteiger partial charge in [-0.15, -0.1) is 0 Å². The molecule has 0 atom stereocenters. The first kappa shape index (κ1) is 20.4. The quantitative estimate of drug-likeness (QED) is 0.368. The molecular weight excluding hydrogens is 346 g/mol. The molecule has 1 rings (SSSR count). The summed E-state index contributed by atoms with van der Waals surface area (Å²) in [7, 11) is 1.24. The normalized spacial score (nSPS) is 9.68. The van der Waals surface area contributed by atoms with Gasteiger partial charge in [0.2, 0.25) is 5.91 Å². The molecule has 9 heteroatoms. The molecule has 8 nitrogen and oxygen atoms in total. The van der Waals surface area contributed by atoms with Crippen LogP contribution in [0.25, 0.3) is 0 Å². The van der Waals surface area contributed by atoms with Crippen LogP contribution in [0, 0.1) is 0 Å². The molecule has 136 valence electrons. The van der Waals surface area contributed by atoms with Crippen molar-refractivity contribution in [1.29, 1.82) is 0 Å². The van der Waals surface area contributed by atoms with Crippen LogP contribution >= 0.6 is 12.2 Å². The number of hydrogen-bond donors (Lipinski definition) is 3. The monoisotopic (exact) mass is 367 g/mol. The Morgan fingerprint density at radius 3 is 2.32 bits per heavy atom. The Morgan fingerprint density at radius 1 is 1.04 bits per heavy atom. The Morgan fingerprint density at radius 2 is 1.72 bits per heavy atom. The lowest BCUT2D eigenvalue weighted by Crippen LogP contribution is -2.49. The van der Waals surface area contributed by atoms with Gasteiger partial charge in [0.25, 0.3) is 5.91 Å². The van der Waals surface area contributed by atoms with Gasteiger partial charge in [-0.05, 0) is 36.3 Å². The number of nitrogens with one attached hydrogen (secondary N) is 3. The van der Waals surface area contributed by atoms with E-state index in [0.717, 1.165) is 6.42 Å². The summed E-state index contributed by atoms with van der Waals surface area (Å²) in [5.41, 5.74) is 5.84. The molecule has 0 radical (unpaired) electrons. The van der Waals surface area contributed by atoms with Gasteiger partial charge < -0.3 is 14.8 Å². The summed E-state index contributed by atoms with van der Waals surface area (Å²) < 4.78 is 9.75. The van der Waals surface area contributed by atoms with Crippen LogP contribution in [0.5, 0.6) is 5.75 Å². The van der Waals surface area contributed by atoms with E-state index in [9.17, 15) is 14.4 Å². The number of carbonyl (C=O) groups excluding carboxylic acids is 3. The van der Waals surface area contributed by atoms with Gasteiger partial charge >= 0.3 is 5.97 Å². The fourth-order valence-corrected chi connectivity index (χ4v) is 1.84. The van der Waals surface area contributed by atoms with Crippen molar-refractivity contribution in [2.24, 2.45) is 0 Å². The van der Waals surface area contributed by atoms with E-state index in [-0.39, 0.29) is 24.6 Å². The lowest BCUT2D eigenvalue weighted by Gasteiger charge is -2.11. The molecule has 0 aromatic heterocycles. The zero-order valence-corrected chi connectivity index (χ0v) is 14.9. The van der Waals surface area contributed by atoms with E-state index in [1.807, 2.05) is 19.1 Å². The van der Waals surface area contributed by atoms with Crippen LogP contribution in [-0.4, -0.2) is 36.6 Å². The van der Waals surface area contributed by atoms with Crippen molar-refractivity contribution in [3.05, 3.63) is 29.8 Å². The van der Waals surface area contributed by atoms with E-state index < -0.39 is 17.8 Å². The molecule has 0 saturated carbocycles. The minimum atomic E-state index is -0.494. The van der Waals surface area contributed by atoms with Crippen LogP contribution < -0.4 is 20.9 Å². The summed E-state index contributed by atoms with van der Waals surface area (Å²) in [6.07, 6.45) is 0.800. The molecule has 3 N–H and O–H groups in total. The van der Waals surface area contributed by atoms with Gasteiger partial charge in [0.15, 0.2) is 11.7 Å². The van der Waals surface area contributed by atoms with Gasteiger partial charge in [0, 0.05) is 6.42 Å². The second-order valence-electron chi connectivity index (χ2n) is 4.91. The molecule has 0 heterocycles. The van der Waals surface area contributed by atoms with Crippen molar-refractivity contribution in [2.45, 2.75) is 26.2 Å². The van der Waals surface area contributed by atoms with Gasteiger partial charge in [-0.2, -0.15) is 0 Å². The summed E-state index contributed by atoms with van der Waals surface area (Å²) in [6, 6.07) is 7.41. The average molecular weight is 367 g/mol. The van der Waals surface area contributed by atoms with Crippen molar-refractivity contribution in [2.75, 3.05) is 13.7 Å². The van der Waals surface area contributed by atoms with Crippen molar-refractivity contribution in [3.8, 4) is 5.75 Å². The van der Waals surface area contributed by atoms with E-state index in [2.05, 4.69) is 20.9 Å². The molecule has 0 spiro atoms. The summed E-state index contributed by atoms with van der Waals surface area (Å²) in [5, 5.41) is 2.23. The summed E-state index contributed by atoms with van der Waals surface area (Å²) >= 11 is 4.85. The molecule has 0 aliphatic rings. The summed E-state index contributed by atoms with van der Waals surface area (Å²) in [6.45, 7) is 1.84. The number of hydrazine groups is 1. The molecule has 0 aliphatic carbocycles. The highest BCUT2D eigenvalue weighted by atomic mass is 32.1. The van der Waals surface area contributed by atoms with E-state index in [1.54, 1.807) is 12.1 Å². The van der Waals surface area contributed by atoms with E-state index in [4.69, 9.17) is 17.0 Å². The number of aryl methyl sites for hydroxylation is 1. The molecule has 1 aromatic carbocycles. The van der Waals surface area contributed by atoms with Gasteiger partial charge in [0.05, 0.1) is 13.5 Å². The van der Waals surface area contributed by atoms with E-state index >= 15 is 0 Å². The largest absolute Gasteiger partial charge is 0.484 e. The first-order valence-electron chi connectivity index (χ1n) is 7.61. The first-order valence-corrected chi connectivity index (χ1v) is 8.02. The molecule has 0 unspecified atom stereocenters. The number of hydrogen-bond acceptors (Lipinski definition) is 6. The maximum Gasteiger partial charge on any atom is 0.306 e. The highest BCUT2D eigenvalue weighted by Crippen LogP contribution is 2.12. The third-order valence-electron chi connectivity index (χ3n) is 3.05. The number of benzene rings is 1. The van der Waals surface area contributed by atoms with Gasteiger partial charge in [-0.3, -0.25) is 25.2 Å². The maximum absolute atomic E-state index is 11.7. The highest BCUT2D eigenvalue weighted by molar-refractivity contribution is 7.80. The van der Waals surface area contributed by atoms with Crippen LogP contribution in [-0.2, 0) is 25.5 Å². The Kier molecular flexibility index (Phi) is 8.94. The lowest BCUT2D eigenvalue weighted by atomic mass is 10.2. The molecular formula is C16H21N3O5S. The predicted molar refractivity (Wildman–Crippen MR) is 94.6 cm³/mol. The smallest absolute Gasteiger partial charge is 0.306 e. The SMILES string of the molecule is CCc1ccc(OCC(=O)NNC(=S)NC(=O)CCC(=O)OC)cc1. The average Bonchev–Trinajstić information content (AvgIpc) is 2.63. The number of esters is 1. The number of thiocarbonyl (C=S) groups is 1. The van der Waals surface area contributed by atoms with Crippen LogP contribution in [0.15, 0.2) is 24.3 Å². The highest BCUT2D eigenvalue weighted by Gasteiger charge is 2.09. The first-order chi connectivity index (χ1) is 11.9. The lowest BCUT2D eigenvalue weighted by molar-refractivity contribution is -0.142. The van der Waals surface area contributed by atoms with E-state index in [0.29, 0.717) is 5.75 Å². The van der Waals surface area contributed by atoms with Crippen LogP contribution in [0.2, 0.25) is 0 Å². The molecule has 0 fully saturated rings. The zero-order valence-electron chi connectivity index (χ0n) is 14.1.